The lowest BCUT2D eigenvalue weighted by molar-refractivity contribution is -0.155. The van der Waals surface area contributed by atoms with Crippen molar-refractivity contribution >= 4 is 17.8 Å². The molecular formula is C26H40N2O6. The number of rotatable bonds is 15. The zero-order valence-corrected chi connectivity index (χ0v) is 20.5. The normalized spacial score (nSPS) is 29.2. The minimum atomic E-state index is -1.02. The van der Waals surface area contributed by atoms with Gasteiger partial charge in [-0.1, -0.05) is 25.5 Å². The molecule has 0 aromatic carbocycles. The van der Waals surface area contributed by atoms with Crippen LogP contribution in [-0.4, -0.2) is 83.3 Å². The van der Waals surface area contributed by atoms with Gasteiger partial charge in [0.25, 0.3) is 0 Å². The van der Waals surface area contributed by atoms with Crippen LogP contribution in [0.4, 0.5) is 0 Å². The van der Waals surface area contributed by atoms with Gasteiger partial charge in [0, 0.05) is 26.2 Å². The Morgan fingerprint density at radius 1 is 1.26 bits per heavy atom. The van der Waals surface area contributed by atoms with E-state index in [1.54, 1.807) is 15.9 Å². The van der Waals surface area contributed by atoms with Crippen LogP contribution < -0.4 is 0 Å². The molecule has 1 N–H and O–H groups in total. The average Bonchev–Trinajstić information content (AvgIpc) is 3.47. The summed E-state index contributed by atoms with van der Waals surface area (Å²) in [5, 5.41) is 9.42. The van der Waals surface area contributed by atoms with Crippen LogP contribution in [0.5, 0.6) is 0 Å². The number of carbonyl (C=O) groups excluding carboxylic acids is 3. The summed E-state index contributed by atoms with van der Waals surface area (Å²) in [5.74, 6) is -2.24. The Balaban J connectivity index is 1.85. The molecule has 5 atom stereocenters. The van der Waals surface area contributed by atoms with E-state index >= 15 is 0 Å². The fourth-order valence-corrected chi connectivity index (χ4v) is 5.81. The highest BCUT2D eigenvalue weighted by molar-refractivity contribution is 5.98. The van der Waals surface area contributed by atoms with Crippen LogP contribution in [0.3, 0.4) is 0 Å². The van der Waals surface area contributed by atoms with Crippen molar-refractivity contribution in [3.8, 4) is 0 Å². The van der Waals surface area contributed by atoms with Crippen molar-refractivity contribution in [3.05, 3.63) is 25.3 Å². The second-order valence-corrected chi connectivity index (χ2v) is 9.54. The third-order valence-electron chi connectivity index (χ3n) is 7.35. The number of hydrogen-bond acceptors (Lipinski definition) is 6. The highest BCUT2D eigenvalue weighted by Crippen LogP contribution is 2.58. The Labute approximate surface area is 202 Å². The molecule has 3 heterocycles. The standard InChI is InChI=1S/C26H40N2O6/c1-4-7-9-10-18-33-25(32)20-19-12-13-26(34-19)21(20)23(30)28(16-11-17-29)22(26)24(31)27(14-6-3)15-8-5-2/h4,6,19-22,29H,1,3,5,7-18H2,2H3/t19-,20+,21+,22?,26?/m1/s1. The Morgan fingerprint density at radius 3 is 2.74 bits per heavy atom. The largest absolute Gasteiger partial charge is 0.465 e. The number of ether oxygens (including phenoxy) is 2. The molecule has 0 aromatic rings. The highest BCUT2D eigenvalue weighted by atomic mass is 16.6. The molecule has 0 saturated carbocycles. The SMILES string of the molecule is C=CCCCCOC(=O)[C@@H]1[C@H]2C(=O)N(CCCO)C(C(=O)N(CC=C)CCCC)C23CC[C@H]1O3. The maximum atomic E-state index is 13.9. The summed E-state index contributed by atoms with van der Waals surface area (Å²) in [6, 6.07) is -0.802. The smallest absolute Gasteiger partial charge is 0.312 e. The number of carbonyl (C=O) groups is 3. The number of likely N-dealkylation sites (tertiary alicyclic amines) is 1. The summed E-state index contributed by atoms with van der Waals surface area (Å²) >= 11 is 0. The van der Waals surface area contributed by atoms with Crippen LogP contribution >= 0.6 is 0 Å². The predicted octanol–water partition coefficient (Wildman–Crippen LogP) is 2.46. The van der Waals surface area contributed by atoms with Crippen molar-refractivity contribution in [1.29, 1.82) is 0 Å². The Morgan fingerprint density at radius 2 is 2.06 bits per heavy atom. The van der Waals surface area contributed by atoms with Crippen molar-refractivity contribution in [1.82, 2.24) is 9.80 Å². The molecule has 1 spiro atoms. The molecular weight excluding hydrogens is 436 g/mol. The lowest BCUT2D eigenvalue weighted by atomic mass is 9.70. The van der Waals surface area contributed by atoms with Crippen LogP contribution in [0, 0.1) is 11.8 Å². The Kier molecular flexibility index (Phi) is 9.31. The minimum absolute atomic E-state index is 0.0891. The van der Waals surface area contributed by atoms with Gasteiger partial charge in [0.1, 0.15) is 11.6 Å². The van der Waals surface area contributed by atoms with E-state index < -0.39 is 35.6 Å². The van der Waals surface area contributed by atoms with Crippen LogP contribution in [0.15, 0.2) is 25.3 Å². The minimum Gasteiger partial charge on any atom is -0.465 e. The number of hydrogen-bond donors (Lipinski definition) is 1. The van der Waals surface area contributed by atoms with E-state index in [1.165, 1.54) is 0 Å². The lowest BCUT2D eigenvalue weighted by Gasteiger charge is -2.36. The van der Waals surface area contributed by atoms with E-state index in [1.807, 2.05) is 6.08 Å². The number of allylic oxidation sites excluding steroid dienone is 1. The van der Waals surface area contributed by atoms with E-state index in [0.29, 0.717) is 39.0 Å². The fraction of sp³-hybridized carbons (Fsp3) is 0.731. The molecule has 34 heavy (non-hydrogen) atoms. The molecule has 190 valence electrons. The van der Waals surface area contributed by atoms with Crippen molar-refractivity contribution in [2.75, 3.05) is 32.8 Å². The summed E-state index contributed by atoms with van der Waals surface area (Å²) in [7, 11) is 0. The van der Waals surface area contributed by atoms with Crippen molar-refractivity contribution in [2.45, 2.75) is 76.0 Å². The molecule has 3 aliphatic rings. The zero-order valence-electron chi connectivity index (χ0n) is 20.5. The summed E-state index contributed by atoms with van der Waals surface area (Å²) in [6.07, 6.45) is 8.91. The number of esters is 1. The maximum absolute atomic E-state index is 13.9. The van der Waals surface area contributed by atoms with Crippen molar-refractivity contribution in [2.24, 2.45) is 11.8 Å². The van der Waals surface area contributed by atoms with Gasteiger partial charge < -0.3 is 24.4 Å². The van der Waals surface area contributed by atoms with Crippen LogP contribution in [0.2, 0.25) is 0 Å². The second kappa shape index (κ2) is 12.0. The van der Waals surface area contributed by atoms with Gasteiger partial charge in [-0.05, 0) is 44.9 Å². The lowest BCUT2D eigenvalue weighted by Crippen LogP contribution is -2.56. The number of aliphatic hydroxyl groups excluding tert-OH is 1. The third kappa shape index (κ3) is 4.93. The number of aliphatic hydroxyl groups is 1. The number of fused-ring (bicyclic) bond motifs is 1. The first-order chi connectivity index (χ1) is 16.5. The predicted molar refractivity (Wildman–Crippen MR) is 128 cm³/mol. The fourth-order valence-electron chi connectivity index (χ4n) is 5.81. The number of unbranched alkanes of at least 4 members (excludes halogenated alkanes) is 3. The molecule has 3 rings (SSSR count). The molecule has 3 aliphatic heterocycles. The summed E-state index contributed by atoms with van der Waals surface area (Å²) in [6.45, 7) is 11.0. The number of amides is 2. The maximum Gasteiger partial charge on any atom is 0.312 e. The zero-order chi connectivity index (χ0) is 24.7. The Hall–Kier alpha value is -2.19. The molecule has 8 heteroatoms. The van der Waals surface area contributed by atoms with E-state index in [-0.39, 0.29) is 25.0 Å². The van der Waals surface area contributed by atoms with Gasteiger partial charge >= 0.3 is 5.97 Å². The van der Waals surface area contributed by atoms with E-state index in [4.69, 9.17) is 9.47 Å². The molecule has 2 unspecified atom stereocenters. The van der Waals surface area contributed by atoms with E-state index in [2.05, 4.69) is 20.1 Å². The monoisotopic (exact) mass is 476 g/mol. The summed E-state index contributed by atoms with van der Waals surface area (Å²) < 4.78 is 12.0. The first-order valence-corrected chi connectivity index (χ1v) is 12.7. The van der Waals surface area contributed by atoms with Gasteiger partial charge in [-0.3, -0.25) is 14.4 Å². The number of nitrogens with zero attached hydrogens (tertiary/aromatic N) is 2. The van der Waals surface area contributed by atoms with Gasteiger partial charge in [-0.25, -0.2) is 0 Å². The molecule has 0 radical (unpaired) electrons. The summed E-state index contributed by atoms with van der Waals surface area (Å²) in [4.78, 5) is 43.9. The topological polar surface area (TPSA) is 96.4 Å². The first-order valence-electron chi connectivity index (χ1n) is 12.7. The highest BCUT2D eigenvalue weighted by Gasteiger charge is 2.74. The molecule has 3 fully saturated rings. The van der Waals surface area contributed by atoms with Crippen molar-refractivity contribution in [3.63, 3.8) is 0 Å². The summed E-state index contributed by atoms with van der Waals surface area (Å²) in [5.41, 5.74) is -1.02. The van der Waals surface area contributed by atoms with E-state index in [9.17, 15) is 19.5 Å². The van der Waals surface area contributed by atoms with Gasteiger partial charge in [0.2, 0.25) is 11.8 Å². The van der Waals surface area contributed by atoms with E-state index in [0.717, 1.165) is 32.1 Å². The van der Waals surface area contributed by atoms with Gasteiger partial charge in [-0.2, -0.15) is 0 Å². The molecule has 0 aromatic heterocycles. The third-order valence-corrected chi connectivity index (χ3v) is 7.35. The van der Waals surface area contributed by atoms with Crippen LogP contribution in [0.1, 0.15) is 58.3 Å². The molecule has 3 saturated heterocycles. The second-order valence-electron chi connectivity index (χ2n) is 9.54. The van der Waals surface area contributed by atoms with Crippen LogP contribution in [-0.2, 0) is 23.9 Å². The average molecular weight is 477 g/mol. The quantitative estimate of drug-likeness (QED) is 0.222. The Bertz CT molecular complexity index is 770. The van der Waals surface area contributed by atoms with Gasteiger partial charge in [-0.15, -0.1) is 13.2 Å². The molecule has 2 bridgehead atoms. The van der Waals surface area contributed by atoms with Gasteiger partial charge in [0.05, 0.1) is 24.5 Å². The first kappa shape index (κ1) is 26.4. The van der Waals surface area contributed by atoms with Crippen molar-refractivity contribution < 1.29 is 29.0 Å². The molecule has 8 nitrogen and oxygen atoms in total. The molecule has 0 aliphatic carbocycles. The van der Waals surface area contributed by atoms with Crippen LogP contribution in [0.25, 0.3) is 0 Å². The molecule has 2 amide bonds. The van der Waals surface area contributed by atoms with Gasteiger partial charge in [0.15, 0.2) is 0 Å².